The number of aromatic nitrogens is 4. The largest absolute Gasteiger partial charge is 0.394 e. The molecule has 3 aromatic carbocycles. The number of hydrogen-bond acceptors (Lipinski definition) is 11. The predicted octanol–water partition coefficient (Wildman–Crippen LogP) is 2.15. The first-order valence-corrected chi connectivity index (χ1v) is 16.7. The zero-order chi connectivity index (χ0) is 36.6. The number of nitrogens with one attached hydrogen (secondary N) is 5. The van der Waals surface area contributed by atoms with Crippen molar-refractivity contribution < 1.29 is 34.0 Å². The van der Waals surface area contributed by atoms with Gasteiger partial charge in [-0.25, -0.2) is 19.3 Å². The number of hydrogen-bond donors (Lipinski definition) is 8. The molecule has 0 aliphatic carbocycles. The number of anilines is 4. The van der Waals surface area contributed by atoms with Crippen molar-refractivity contribution in [2.24, 2.45) is 0 Å². The molecule has 52 heavy (non-hydrogen) atoms. The fourth-order valence-corrected chi connectivity index (χ4v) is 5.75. The zero-order valence-corrected chi connectivity index (χ0v) is 28.4. The third-order valence-corrected chi connectivity index (χ3v) is 8.43. The van der Waals surface area contributed by atoms with Crippen LogP contribution in [0.25, 0.3) is 11.2 Å². The standard InChI is InChI=1S/C35H36FN9O6S/c36-24-3-1-2-4-25(24)44-35(52)38-14-13-37-27(47)15-20-5-9-22(10-6-20)42-28(48)16-21-7-11-23(12-8-21)43-32-29-33(40-18-39-32)45(19-41-29)34-31(50)30(49)26(17-46)51-34/h1-12,18-19,26,30-31,34,46,49-50H,13-17H2,(H,37,47)(H,42,48)(H2,38,44,52)(H,39,40,43)/t26-,30-,31-,34?/m1/s1. The van der Waals surface area contributed by atoms with E-state index < -0.39 is 37.0 Å². The molecule has 1 saturated heterocycles. The van der Waals surface area contributed by atoms with Crippen molar-refractivity contribution in [1.82, 2.24) is 30.2 Å². The minimum absolute atomic E-state index is 0.129. The summed E-state index contributed by atoms with van der Waals surface area (Å²) in [6, 6.07) is 20.4. The first kappa shape index (κ1) is 36.2. The number of imidazole rings is 1. The van der Waals surface area contributed by atoms with E-state index in [1.807, 2.05) is 12.1 Å². The lowest BCUT2D eigenvalue weighted by atomic mass is 10.1. The van der Waals surface area contributed by atoms with Crippen LogP contribution in [0.15, 0.2) is 85.5 Å². The topological polar surface area (TPSA) is 208 Å². The van der Waals surface area contributed by atoms with Gasteiger partial charge in [-0.2, -0.15) is 0 Å². The van der Waals surface area contributed by atoms with Gasteiger partial charge < -0.3 is 46.6 Å². The number of thiocarbonyl (C=S) groups is 1. The Morgan fingerprint density at radius 3 is 2.19 bits per heavy atom. The van der Waals surface area contributed by atoms with E-state index in [-0.39, 0.29) is 35.5 Å². The smallest absolute Gasteiger partial charge is 0.228 e. The molecule has 1 aliphatic heterocycles. The lowest BCUT2D eigenvalue weighted by Crippen LogP contribution is -2.37. The summed E-state index contributed by atoms with van der Waals surface area (Å²) in [7, 11) is 0. The van der Waals surface area contributed by atoms with Gasteiger partial charge in [0.2, 0.25) is 11.8 Å². The van der Waals surface area contributed by atoms with Crippen molar-refractivity contribution in [3.8, 4) is 0 Å². The summed E-state index contributed by atoms with van der Waals surface area (Å²) in [6.45, 7) is 0.228. The summed E-state index contributed by atoms with van der Waals surface area (Å²) in [4.78, 5) is 38.1. The minimum atomic E-state index is -1.28. The van der Waals surface area contributed by atoms with Crippen molar-refractivity contribution in [3.63, 3.8) is 0 Å². The lowest BCUT2D eigenvalue weighted by Gasteiger charge is -2.16. The Morgan fingerprint density at radius 2 is 1.50 bits per heavy atom. The summed E-state index contributed by atoms with van der Waals surface area (Å²) < 4.78 is 20.8. The average molecular weight is 730 g/mol. The van der Waals surface area contributed by atoms with Gasteiger partial charge in [-0.05, 0) is 59.7 Å². The quantitative estimate of drug-likeness (QED) is 0.0647. The number of nitrogens with zero attached hydrogens (tertiary/aromatic N) is 4. The van der Waals surface area contributed by atoms with Crippen molar-refractivity contribution in [2.75, 3.05) is 35.6 Å². The summed E-state index contributed by atoms with van der Waals surface area (Å²) in [5, 5.41) is 44.8. The molecule has 3 heterocycles. The van der Waals surface area contributed by atoms with Gasteiger partial charge in [0, 0.05) is 24.5 Å². The molecule has 2 aromatic heterocycles. The van der Waals surface area contributed by atoms with Crippen LogP contribution in [-0.2, 0) is 27.2 Å². The molecule has 5 aromatic rings. The third-order valence-electron chi connectivity index (χ3n) is 8.19. The van der Waals surface area contributed by atoms with E-state index in [1.165, 1.54) is 23.3 Å². The summed E-state index contributed by atoms with van der Waals surface area (Å²) >= 11 is 5.16. The van der Waals surface area contributed by atoms with Gasteiger partial charge in [-0.1, -0.05) is 36.4 Å². The summed E-state index contributed by atoms with van der Waals surface area (Å²) in [5.74, 6) is -0.413. The number of carbonyl (C=O) groups is 2. The first-order valence-electron chi connectivity index (χ1n) is 16.3. The van der Waals surface area contributed by atoms with Crippen LogP contribution in [-0.4, -0.2) is 89.8 Å². The van der Waals surface area contributed by atoms with Gasteiger partial charge in [0.15, 0.2) is 28.3 Å². The van der Waals surface area contributed by atoms with Crippen molar-refractivity contribution in [3.05, 3.63) is 102 Å². The van der Waals surface area contributed by atoms with E-state index in [9.17, 15) is 29.3 Å². The SMILES string of the molecule is O=C(Cc1ccc(NC(=O)Cc2ccc(Nc3ncnc4c3ncn4C3O[C@H](CO)[C@@H](O)[C@H]3O)cc2)cc1)NCCNC(=S)Nc1ccccc1F. The molecule has 0 radical (unpaired) electrons. The Balaban J connectivity index is 0.938. The molecule has 0 bridgehead atoms. The average Bonchev–Trinajstić information content (AvgIpc) is 3.69. The van der Waals surface area contributed by atoms with E-state index in [0.29, 0.717) is 41.4 Å². The highest BCUT2D eigenvalue weighted by molar-refractivity contribution is 7.80. The second-order valence-corrected chi connectivity index (χ2v) is 12.3. The van der Waals surface area contributed by atoms with Crippen LogP contribution >= 0.6 is 12.2 Å². The fourth-order valence-electron chi connectivity index (χ4n) is 5.53. The van der Waals surface area contributed by atoms with Crippen LogP contribution in [0.2, 0.25) is 0 Å². The van der Waals surface area contributed by atoms with Crippen LogP contribution in [0.1, 0.15) is 17.4 Å². The number of benzene rings is 3. The number of amides is 2. The van der Waals surface area contributed by atoms with E-state index >= 15 is 0 Å². The number of halogens is 1. The lowest BCUT2D eigenvalue weighted by molar-refractivity contribution is -0.120. The normalized spacial score (nSPS) is 18.2. The Bertz CT molecular complexity index is 2030. The molecular weight excluding hydrogens is 694 g/mol. The number of para-hydroxylation sites is 1. The molecule has 15 nitrogen and oxygen atoms in total. The molecule has 1 unspecified atom stereocenters. The fraction of sp³-hybridized carbons (Fsp3) is 0.257. The zero-order valence-electron chi connectivity index (χ0n) is 27.6. The van der Waals surface area contributed by atoms with E-state index in [1.54, 1.807) is 54.6 Å². The van der Waals surface area contributed by atoms with E-state index in [4.69, 9.17) is 17.0 Å². The highest BCUT2D eigenvalue weighted by atomic mass is 32.1. The molecule has 0 spiro atoms. The second-order valence-electron chi connectivity index (χ2n) is 11.9. The van der Waals surface area contributed by atoms with Crippen molar-refractivity contribution >= 4 is 63.2 Å². The minimum Gasteiger partial charge on any atom is -0.394 e. The molecule has 0 saturated carbocycles. The van der Waals surface area contributed by atoms with Gasteiger partial charge in [0.25, 0.3) is 0 Å². The number of fused-ring (bicyclic) bond motifs is 1. The molecule has 8 N–H and O–H groups in total. The maximum atomic E-state index is 13.7. The van der Waals surface area contributed by atoms with Gasteiger partial charge in [-0.3, -0.25) is 14.2 Å². The highest BCUT2D eigenvalue weighted by Gasteiger charge is 2.44. The van der Waals surface area contributed by atoms with Crippen LogP contribution in [0.5, 0.6) is 0 Å². The first-order chi connectivity index (χ1) is 25.2. The van der Waals surface area contributed by atoms with Gasteiger partial charge >= 0.3 is 0 Å². The van der Waals surface area contributed by atoms with Crippen LogP contribution in [0.3, 0.4) is 0 Å². The maximum Gasteiger partial charge on any atom is 0.228 e. The molecule has 6 rings (SSSR count). The molecule has 4 atom stereocenters. The molecule has 2 amide bonds. The van der Waals surface area contributed by atoms with Crippen LogP contribution in [0, 0.1) is 5.82 Å². The predicted molar refractivity (Wildman–Crippen MR) is 194 cm³/mol. The number of aliphatic hydroxyl groups excluding tert-OH is 3. The molecule has 1 fully saturated rings. The van der Waals surface area contributed by atoms with Gasteiger partial charge in [0.1, 0.15) is 30.5 Å². The van der Waals surface area contributed by atoms with E-state index in [0.717, 1.165) is 11.1 Å². The summed E-state index contributed by atoms with van der Waals surface area (Å²) in [6.07, 6.45) is -1.43. The van der Waals surface area contributed by atoms with Crippen LogP contribution in [0.4, 0.5) is 27.3 Å². The van der Waals surface area contributed by atoms with E-state index in [2.05, 4.69) is 41.5 Å². The Kier molecular flexibility index (Phi) is 11.6. The number of ether oxygens (including phenoxy) is 1. The number of aliphatic hydroxyl groups is 3. The van der Waals surface area contributed by atoms with Crippen LogP contribution < -0.4 is 26.6 Å². The summed E-state index contributed by atoms with van der Waals surface area (Å²) in [5.41, 5.74) is 3.85. The third kappa shape index (κ3) is 8.82. The number of carbonyl (C=O) groups excluding carboxylic acids is 2. The Hall–Kier alpha value is -5.59. The Morgan fingerprint density at radius 1 is 0.827 bits per heavy atom. The molecular formula is C35H36FN9O6S. The Labute approximate surface area is 302 Å². The number of rotatable bonds is 13. The van der Waals surface area contributed by atoms with Crippen molar-refractivity contribution in [2.45, 2.75) is 37.4 Å². The van der Waals surface area contributed by atoms with Gasteiger partial charge in [0.05, 0.1) is 31.5 Å². The molecule has 1 aliphatic rings. The maximum absolute atomic E-state index is 13.7. The molecule has 270 valence electrons. The second kappa shape index (κ2) is 16.6. The monoisotopic (exact) mass is 729 g/mol. The van der Waals surface area contributed by atoms with Crippen molar-refractivity contribution in [1.29, 1.82) is 0 Å². The van der Waals surface area contributed by atoms with Gasteiger partial charge in [-0.15, -0.1) is 0 Å². The molecule has 17 heteroatoms. The highest BCUT2D eigenvalue weighted by Crippen LogP contribution is 2.32.